The molecule has 21 heavy (non-hydrogen) atoms. The maximum atomic E-state index is 11.8. The summed E-state index contributed by atoms with van der Waals surface area (Å²) in [6.45, 7) is -0.232. The molecule has 110 valence electrons. The molecule has 2 amide bonds. The van der Waals surface area contributed by atoms with Crippen LogP contribution < -0.4 is 15.4 Å². The highest BCUT2D eigenvalue weighted by Gasteiger charge is 2.09. The van der Waals surface area contributed by atoms with Crippen LogP contribution in [0.3, 0.4) is 0 Å². The summed E-state index contributed by atoms with van der Waals surface area (Å²) in [6.07, 6.45) is 1.52. The second-order valence-corrected chi connectivity index (χ2v) is 4.07. The van der Waals surface area contributed by atoms with E-state index >= 15 is 0 Å². The van der Waals surface area contributed by atoms with Crippen molar-refractivity contribution in [3.63, 3.8) is 0 Å². The summed E-state index contributed by atoms with van der Waals surface area (Å²) in [4.78, 5) is 22.3. The van der Waals surface area contributed by atoms with Gasteiger partial charge in [0.15, 0.2) is 6.61 Å². The van der Waals surface area contributed by atoms with Crippen molar-refractivity contribution in [1.82, 2.24) is 5.32 Å². The fourth-order valence-corrected chi connectivity index (χ4v) is 1.58. The van der Waals surface area contributed by atoms with Gasteiger partial charge in [-0.3, -0.25) is 0 Å². The maximum absolute atomic E-state index is 11.8. The third-order valence-electron chi connectivity index (χ3n) is 2.49. The van der Waals surface area contributed by atoms with Crippen molar-refractivity contribution in [3.05, 3.63) is 48.4 Å². The van der Waals surface area contributed by atoms with E-state index in [1.54, 1.807) is 36.4 Å². The van der Waals surface area contributed by atoms with E-state index < -0.39 is 18.6 Å². The zero-order valence-corrected chi connectivity index (χ0v) is 11.0. The Kier molecular flexibility index (Phi) is 4.81. The van der Waals surface area contributed by atoms with Crippen LogP contribution >= 0.6 is 0 Å². The summed E-state index contributed by atoms with van der Waals surface area (Å²) >= 11 is 0. The number of hydrogen-bond acceptors (Lipinski definition) is 4. The lowest BCUT2D eigenvalue weighted by Crippen LogP contribution is -2.28. The Balaban J connectivity index is 1.92. The monoisotopic (exact) mass is 290 g/mol. The van der Waals surface area contributed by atoms with Crippen molar-refractivity contribution in [3.8, 4) is 5.75 Å². The molecule has 0 aliphatic carbocycles. The second kappa shape index (κ2) is 6.99. The number of benzene rings is 1. The molecule has 0 fully saturated rings. The van der Waals surface area contributed by atoms with E-state index in [9.17, 15) is 9.59 Å². The zero-order valence-electron chi connectivity index (χ0n) is 11.0. The van der Waals surface area contributed by atoms with Gasteiger partial charge in [-0.05, 0) is 24.3 Å². The maximum Gasteiger partial charge on any atom is 0.341 e. The number of amides is 2. The number of carbonyl (C=O) groups excluding carboxylic acids is 1. The van der Waals surface area contributed by atoms with Crippen LogP contribution in [0.4, 0.5) is 10.5 Å². The van der Waals surface area contributed by atoms with Crippen LogP contribution in [0.5, 0.6) is 5.75 Å². The fraction of sp³-hybridized carbons (Fsp3) is 0.143. The summed E-state index contributed by atoms with van der Waals surface area (Å²) in [5.41, 5.74) is 0.385. The number of rotatable bonds is 6. The lowest BCUT2D eigenvalue weighted by molar-refractivity contribution is -0.139. The number of para-hydroxylation sites is 2. The summed E-state index contributed by atoms with van der Waals surface area (Å²) in [5, 5.41) is 13.8. The SMILES string of the molecule is O=C(O)COc1ccccc1NC(=O)NCc1ccco1. The molecule has 0 atom stereocenters. The Morgan fingerprint density at radius 2 is 2.00 bits per heavy atom. The van der Waals surface area contributed by atoms with Gasteiger partial charge in [0, 0.05) is 0 Å². The van der Waals surface area contributed by atoms with Gasteiger partial charge >= 0.3 is 12.0 Å². The normalized spacial score (nSPS) is 9.90. The van der Waals surface area contributed by atoms with Crippen molar-refractivity contribution in [1.29, 1.82) is 0 Å². The fourth-order valence-electron chi connectivity index (χ4n) is 1.58. The van der Waals surface area contributed by atoms with E-state index in [1.165, 1.54) is 6.26 Å². The first-order valence-corrected chi connectivity index (χ1v) is 6.16. The molecule has 0 aliphatic heterocycles. The minimum Gasteiger partial charge on any atom is -0.480 e. The predicted octanol–water partition coefficient (Wildman–Crippen LogP) is 2.06. The molecule has 7 heteroatoms. The van der Waals surface area contributed by atoms with Crippen LogP contribution in [0.25, 0.3) is 0 Å². The number of carbonyl (C=O) groups is 2. The lowest BCUT2D eigenvalue weighted by Gasteiger charge is -2.11. The number of aliphatic carboxylic acids is 1. The van der Waals surface area contributed by atoms with E-state index in [0.717, 1.165) is 0 Å². The van der Waals surface area contributed by atoms with Crippen molar-refractivity contribution in [2.24, 2.45) is 0 Å². The number of carboxylic acids is 1. The van der Waals surface area contributed by atoms with Gasteiger partial charge in [0.2, 0.25) is 0 Å². The van der Waals surface area contributed by atoms with Crippen molar-refractivity contribution >= 4 is 17.7 Å². The Hall–Kier alpha value is -2.96. The number of carboxylic acid groups (broad SMARTS) is 1. The van der Waals surface area contributed by atoms with Gasteiger partial charge in [-0.2, -0.15) is 0 Å². The first-order valence-electron chi connectivity index (χ1n) is 6.16. The first-order chi connectivity index (χ1) is 10.1. The van der Waals surface area contributed by atoms with Gasteiger partial charge in [-0.25, -0.2) is 9.59 Å². The van der Waals surface area contributed by atoms with Crippen LogP contribution in [-0.4, -0.2) is 23.7 Å². The molecular weight excluding hydrogens is 276 g/mol. The molecule has 7 nitrogen and oxygen atoms in total. The van der Waals surface area contributed by atoms with Gasteiger partial charge in [-0.15, -0.1) is 0 Å². The van der Waals surface area contributed by atoms with Gasteiger partial charge < -0.3 is 24.9 Å². The average molecular weight is 290 g/mol. The van der Waals surface area contributed by atoms with E-state index in [4.69, 9.17) is 14.3 Å². The minimum absolute atomic E-state index is 0.247. The number of urea groups is 1. The first kappa shape index (κ1) is 14.4. The number of nitrogens with one attached hydrogen (secondary N) is 2. The zero-order chi connectivity index (χ0) is 15.1. The van der Waals surface area contributed by atoms with Gasteiger partial charge in [0.1, 0.15) is 11.5 Å². The van der Waals surface area contributed by atoms with E-state index in [2.05, 4.69) is 10.6 Å². The number of ether oxygens (including phenoxy) is 1. The highest BCUT2D eigenvalue weighted by Crippen LogP contribution is 2.23. The molecule has 2 rings (SSSR count). The van der Waals surface area contributed by atoms with Crippen molar-refractivity contribution in [2.75, 3.05) is 11.9 Å². The van der Waals surface area contributed by atoms with E-state index in [1.807, 2.05) is 0 Å². The Morgan fingerprint density at radius 1 is 1.19 bits per heavy atom. The number of anilines is 1. The quantitative estimate of drug-likeness (QED) is 0.756. The van der Waals surface area contributed by atoms with Gasteiger partial charge in [-0.1, -0.05) is 12.1 Å². The van der Waals surface area contributed by atoms with Crippen LogP contribution in [-0.2, 0) is 11.3 Å². The topological polar surface area (TPSA) is 101 Å². The molecule has 1 aromatic carbocycles. The molecule has 1 heterocycles. The van der Waals surface area contributed by atoms with E-state index in [0.29, 0.717) is 11.4 Å². The smallest absolute Gasteiger partial charge is 0.341 e. The highest BCUT2D eigenvalue weighted by atomic mass is 16.5. The third-order valence-corrected chi connectivity index (χ3v) is 2.49. The minimum atomic E-state index is -1.09. The molecule has 0 aliphatic rings. The number of hydrogen-bond donors (Lipinski definition) is 3. The Labute approximate surface area is 120 Å². The Morgan fingerprint density at radius 3 is 2.71 bits per heavy atom. The lowest BCUT2D eigenvalue weighted by atomic mass is 10.3. The molecule has 2 aromatic rings. The molecule has 1 aromatic heterocycles. The summed E-state index contributed by atoms with van der Waals surface area (Å²) in [7, 11) is 0. The standard InChI is InChI=1S/C14H14N2O5/c17-13(18)9-21-12-6-2-1-5-11(12)16-14(19)15-8-10-4-3-7-20-10/h1-7H,8-9H2,(H,17,18)(H2,15,16,19). The molecule has 0 spiro atoms. The van der Waals surface area contributed by atoms with Crippen molar-refractivity contribution in [2.45, 2.75) is 6.54 Å². The summed E-state index contributed by atoms with van der Waals surface area (Å²) in [5.74, 6) is -0.180. The molecule has 0 saturated heterocycles. The summed E-state index contributed by atoms with van der Waals surface area (Å²) in [6, 6.07) is 9.60. The number of furan rings is 1. The largest absolute Gasteiger partial charge is 0.480 e. The van der Waals surface area contributed by atoms with Gasteiger partial charge in [0.25, 0.3) is 0 Å². The molecule has 0 radical (unpaired) electrons. The van der Waals surface area contributed by atoms with Gasteiger partial charge in [0.05, 0.1) is 18.5 Å². The highest BCUT2D eigenvalue weighted by molar-refractivity contribution is 5.90. The van der Waals surface area contributed by atoms with Crippen LogP contribution in [0, 0.1) is 0 Å². The Bertz CT molecular complexity index is 610. The molecule has 3 N–H and O–H groups in total. The summed E-state index contributed by atoms with van der Waals surface area (Å²) < 4.78 is 10.2. The van der Waals surface area contributed by atoms with Crippen LogP contribution in [0.2, 0.25) is 0 Å². The molecule has 0 saturated carbocycles. The second-order valence-electron chi connectivity index (χ2n) is 4.07. The molecular formula is C14H14N2O5. The van der Waals surface area contributed by atoms with E-state index in [-0.39, 0.29) is 12.3 Å². The average Bonchev–Trinajstić information content (AvgIpc) is 2.97. The van der Waals surface area contributed by atoms with Crippen LogP contribution in [0.1, 0.15) is 5.76 Å². The predicted molar refractivity (Wildman–Crippen MR) is 74.1 cm³/mol. The van der Waals surface area contributed by atoms with Crippen molar-refractivity contribution < 1.29 is 23.8 Å². The van der Waals surface area contributed by atoms with Crippen LogP contribution in [0.15, 0.2) is 47.1 Å². The molecule has 0 unspecified atom stereocenters. The molecule has 0 bridgehead atoms. The third kappa shape index (κ3) is 4.57.